The van der Waals surface area contributed by atoms with Gasteiger partial charge in [0.2, 0.25) is 0 Å². The van der Waals surface area contributed by atoms with Crippen molar-refractivity contribution in [2.24, 2.45) is 0 Å². The molecule has 0 saturated carbocycles. The van der Waals surface area contributed by atoms with Crippen molar-refractivity contribution in [3.05, 3.63) is 28.0 Å². The number of esters is 1. The predicted molar refractivity (Wildman–Crippen MR) is 63.3 cm³/mol. The lowest BCUT2D eigenvalue weighted by Gasteiger charge is -2.04. The van der Waals surface area contributed by atoms with Gasteiger partial charge < -0.3 is 9.47 Å². The summed E-state index contributed by atoms with van der Waals surface area (Å²) in [6.45, 7) is 0.688. The molecule has 0 spiro atoms. The van der Waals surface area contributed by atoms with Gasteiger partial charge in [-0.1, -0.05) is 5.21 Å². The van der Waals surface area contributed by atoms with Crippen LogP contribution in [-0.4, -0.2) is 40.2 Å². The third-order valence-corrected chi connectivity index (χ3v) is 2.93. The summed E-state index contributed by atoms with van der Waals surface area (Å²) in [4.78, 5) is 15.7. The summed E-state index contributed by atoms with van der Waals surface area (Å²) in [5.41, 5.74) is 3.36. The average Bonchev–Trinajstić information content (AvgIpc) is 3.01. The zero-order valence-electron chi connectivity index (χ0n) is 9.99. The lowest BCUT2D eigenvalue weighted by atomic mass is 10.3. The Kier molecular flexibility index (Phi) is 4.00. The molecule has 0 aromatic carbocycles. The fraction of sp³-hybridized carbons (Fsp3) is 0.400. The summed E-state index contributed by atoms with van der Waals surface area (Å²) in [5.74, 6) is -0.522. The maximum Gasteiger partial charge on any atom is 0.360 e. The highest BCUT2D eigenvalue weighted by Gasteiger charge is 2.20. The van der Waals surface area contributed by atoms with E-state index in [2.05, 4.69) is 20.0 Å². The zero-order valence-corrected chi connectivity index (χ0v) is 10.8. The second kappa shape index (κ2) is 5.69. The van der Waals surface area contributed by atoms with Crippen LogP contribution in [0.5, 0.6) is 0 Å². The Morgan fingerprint density at radius 3 is 2.94 bits per heavy atom. The monoisotopic (exact) mass is 268 g/mol. The first-order valence-corrected chi connectivity index (χ1v) is 6.07. The van der Waals surface area contributed by atoms with Gasteiger partial charge in [-0.25, -0.2) is 14.5 Å². The summed E-state index contributed by atoms with van der Waals surface area (Å²) in [6, 6.07) is 0. The molecule has 0 N–H and O–H groups in total. The lowest BCUT2D eigenvalue weighted by Crippen LogP contribution is -2.11. The normalized spacial score (nSPS) is 10.6. The van der Waals surface area contributed by atoms with Crippen LogP contribution in [0.4, 0.5) is 0 Å². The minimum absolute atomic E-state index is 0.176. The van der Waals surface area contributed by atoms with E-state index in [1.165, 1.54) is 18.4 Å². The van der Waals surface area contributed by atoms with Crippen molar-refractivity contribution < 1.29 is 14.3 Å². The number of thiazole rings is 1. The van der Waals surface area contributed by atoms with Crippen LogP contribution in [0.3, 0.4) is 0 Å². The maximum absolute atomic E-state index is 11.5. The van der Waals surface area contributed by atoms with E-state index in [9.17, 15) is 4.79 Å². The number of nitrogens with zero attached hydrogens (tertiary/aromatic N) is 4. The predicted octanol–water partition coefficient (Wildman–Crippen LogP) is 0.716. The first-order valence-electron chi connectivity index (χ1n) is 5.13. The summed E-state index contributed by atoms with van der Waals surface area (Å²) in [6.07, 6.45) is 0. The number of aromatic nitrogens is 4. The average molecular weight is 268 g/mol. The second-order valence-corrected chi connectivity index (χ2v) is 4.17. The first-order chi connectivity index (χ1) is 8.76. The molecule has 0 bridgehead atoms. The number of hydrogen-bond acceptors (Lipinski definition) is 7. The molecule has 0 unspecified atom stereocenters. The SMILES string of the molecule is COCc1c(C(=O)OC)nnn1Cc1cscn1. The molecule has 96 valence electrons. The molecule has 0 radical (unpaired) electrons. The third-order valence-electron chi connectivity index (χ3n) is 2.29. The van der Waals surface area contributed by atoms with Crippen LogP contribution in [0.1, 0.15) is 21.9 Å². The van der Waals surface area contributed by atoms with Crippen LogP contribution in [0, 0.1) is 0 Å². The van der Waals surface area contributed by atoms with Crippen molar-refractivity contribution in [1.82, 2.24) is 20.0 Å². The van der Waals surface area contributed by atoms with Gasteiger partial charge in [0, 0.05) is 12.5 Å². The van der Waals surface area contributed by atoms with E-state index in [-0.39, 0.29) is 12.3 Å². The Labute approximate surface area is 107 Å². The smallest absolute Gasteiger partial charge is 0.360 e. The van der Waals surface area contributed by atoms with Crippen LogP contribution in [0.2, 0.25) is 0 Å². The Hall–Kier alpha value is -1.80. The number of carbonyl (C=O) groups excluding carboxylic acids is 1. The molecular weight excluding hydrogens is 256 g/mol. The topological polar surface area (TPSA) is 79.1 Å². The molecule has 0 aliphatic carbocycles. The highest BCUT2D eigenvalue weighted by Crippen LogP contribution is 2.11. The minimum Gasteiger partial charge on any atom is -0.464 e. The van der Waals surface area contributed by atoms with E-state index in [0.717, 1.165) is 5.69 Å². The molecule has 0 aliphatic heterocycles. The van der Waals surface area contributed by atoms with Gasteiger partial charge in [0.15, 0.2) is 5.69 Å². The fourth-order valence-electron chi connectivity index (χ4n) is 1.46. The van der Waals surface area contributed by atoms with E-state index in [1.807, 2.05) is 5.38 Å². The lowest BCUT2D eigenvalue weighted by molar-refractivity contribution is 0.0588. The molecule has 0 atom stereocenters. The maximum atomic E-state index is 11.5. The molecule has 0 saturated heterocycles. The third kappa shape index (κ3) is 2.54. The Balaban J connectivity index is 2.29. The highest BCUT2D eigenvalue weighted by atomic mass is 32.1. The van der Waals surface area contributed by atoms with Crippen LogP contribution in [0.15, 0.2) is 10.9 Å². The summed E-state index contributed by atoms with van der Waals surface area (Å²) in [5, 5.41) is 9.66. The van der Waals surface area contributed by atoms with E-state index in [4.69, 9.17) is 4.74 Å². The van der Waals surface area contributed by atoms with Crippen molar-refractivity contribution in [2.45, 2.75) is 13.2 Å². The van der Waals surface area contributed by atoms with Gasteiger partial charge in [-0.05, 0) is 0 Å². The molecule has 0 fully saturated rings. The van der Waals surface area contributed by atoms with Gasteiger partial charge in [0.25, 0.3) is 0 Å². The van der Waals surface area contributed by atoms with Crippen molar-refractivity contribution in [3.8, 4) is 0 Å². The van der Waals surface area contributed by atoms with Gasteiger partial charge in [-0.15, -0.1) is 16.4 Å². The molecular formula is C10H12N4O3S. The Morgan fingerprint density at radius 1 is 1.50 bits per heavy atom. The quantitative estimate of drug-likeness (QED) is 0.743. The molecule has 2 aromatic heterocycles. The van der Waals surface area contributed by atoms with Crippen LogP contribution < -0.4 is 0 Å². The highest BCUT2D eigenvalue weighted by molar-refractivity contribution is 7.07. The van der Waals surface area contributed by atoms with Crippen molar-refractivity contribution in [2.75, 3.05) is 14.2 Å². The summed E-state index contributed by atoms with van der Waals surface area (Å²) in [7, 11) is 2.85. The molecule has 8 heteroatoms. The van der Waals surface area contributed by atoms with Gasteiger partial charge in [0.05, 0.1) is 37.2 Å². The molecule has 2 rings (SSSR count). The van der Waals surface area contributed by atoms with Crippen LogP contribution in [0.25, 0.3) is 0 Å². The number of rotatable bonds is 5. The summed E-state index contributed by atoms with van der Waals surface area (Å²) < 4.78 is 11.3. The standard InChI is InChI=1S/C10H12N4O3S/c1-16-4-8-9(10(15)17-2)12-13-14(8)3-7-5-18-6-11-7/h5-6H,3-4H2,1-2H3. The molecule has 2 aromatic rings. The van der Waals surface area contributed by atoms with E-state index < -0.39 is 5.97 Å². The molecule has 7 nitrogen and oxygen atoms in total. The van der Waals surface area contributed by atoms with E-state index in [0.29, 0.717) is 12.2 Å². The Morgan fingerprint density at radius 2 is 2.33 bits per heavy atom. The molecule has 2 heterocycles. The second-order valence-electron chi connectivity index (χ2n) is 3.45. The van der Waals surface area contributed by atoms with Gasteiger partial charge in [-0.2, -0.15) is 0 Å². The number of ether oxygens (including phenoxy) is 2. The van der Waals surface area contributed by atoms with Crippen LogP contribution >= 0.6 is 11.3 Å². The van der Waals surface area contributed by atoms with Gasteiger partial charge >= 0.3 is 5.97 Å². The minimum atomic E-state index is -0.522. The largest absolute Gasteiger partial charge is 0.464 e. The van der Waals surface area contributed by atoms with Gasteiger partial charge in [-0.3, -0.25) is 0 Å². The Bertz CT molecular complexity index is 523. The van der Waals surface area contributed by atoms with Crippen molar-refractivity contribution in [3.63, 3.8) is 0 Å². The summed E-state index contributed by atoms with van der Waals surface area (Å²) >= 11 is 1.50. The van der Waals surface area contributed by atoms with Crippen molar-refractivity contribution >= 4 is 17.3 Å². The van der Waals surface area contributed by atoms with E-state index >= 15 is 0 Å². The van der Waals surface area contributed by atoms with Crippen molar-refractivity contribution in [1.29, 1.82) is 0 Å². The van der Waals surface area contributed by atoms with Gasteiger partial charge in [0.1, 0.15) is 0 Å². The molecule has 18 heavy (non-hydrogen) atoms. The van der Waals surface area contributed by atoms with Crippen LogP contribution in [-0.2, 0) is 22.6 Å². The molecule has 0 amide bonds. The van der Waals surface area contributed by atoms with E-state index in [1.54, 1.807) is 17.3 Å². The number of hydrogen-bond donors (Lipinski definition) is 0. The molecule has 0 aliphatic rings. The fourth-order valence-corrected chi connectivity index (χ4v) is 2.01. The zero-order chi connectivity index (χ0) is 13.0. The number of methoxy groups -OCH3 is 2. The number of carbonyl (C=O) groups is 1. The first kappa shape index (κ1) is 12.7.